The number of aromatic nitrogens is 4. The lowest BCUT2D eigenvalue weighted by molar-refractivity contribution is 0.428. The molecule has 2 aromatic carbocycles. The van der Waals surface area contributed by atoms with Gasteiger partial charge in [0.05, 0.1) is 0 Å². The average molecular weight is 332 g/mol. The van der Waals surface area contributed by atoms with Gasteiger partial charge in [-0.15, -0.1) is 0 Å². The molecular formula is C19H16N4O2. The van der Waals surface area contributed by atoms with Crippen molar-refractivity contribution in [1.82, 2.24) is 19.9 Å². The molecule has 0 aliphatic carbocycles. The van der Waals surface area contributed by atoms with E-state index in [-0.39, 0.29) is 0 Å². The summed E-state index contributed by atoms with van der Waals surface area (Å²) in [5, 5.41) is 8.14. The molecule has 25 heavy (non-hydrogen) atoms. The lowest BCUT2D eigenvalue weighted by Crippen LogP contribution is -1.93. The van der Waals surface area contributed by atoms with Crippen LogP contribution in [0.3, 0.4) is 0 Å². The quantitative estimate of drug-likeness (QED) is 0.559. The van der Waals surface area contributed by atoms with E-state index in [1.54, 1.807) is 10.9 Å². The fourth-order valence-electron chi connectivity index (χ4n) is 2.44. The second-order valence-electron chi connectivity index (χ2n) is 5.70. The van der Waals surface area contributed by atoms with Crippen molar-refractivity contribution in [2.75, 3.05) is 0 Å². The van der Waals surface area contributed by atoms with Crippen LogP contribution in [0.15, 0.2) is 65.3 Å². The monoisotopic (exact) mass is 332 g/mol. The Morgan fingerprint density at radius 2 is 1.60 bits per heavy atom. The molecule has 0 atom stereocenters. The van der Waals surface area contributed by atoms with Crippen molar-refractivity contribution < 1.29 is 9.26 Å². The van der Waals surface area contributed by atoms with Crippen molar-refractivity contribution in [3.63, 3.8) is 0 Å². The van der Waals surface area contributed by atoms with E-state index in [2.05, 4.69) is 15.2 Å². The van der Waals surface area contributed by atoms with Gasteiger partial charge in [-0.2, -0.15) is 10.1 Å². The Morgan fingerprint density at radius 3 is 2.24 bits per heavy atom. The van der Waals surface area contributed by atoms with Crippen molar-refractivity contribution in [3.05, 3.63) is 66.4 Å². The zero-order valence-electron chi connectivity index (χ0n) is 13.9. The maximum atomic E-state index is 5.83. The third kappa shape index (κ3) is 3.14. The van der Waals surface area contributed by atoms with Crippen LogP contribution in [0.1, 0.15) is 5.56 Å². The van der Waals surface area contributed by atoms with Gasteiger partial charge < -0.3 is 9.26 Å². The first-order valence-electron chi connectivity index (χ1n) is 7.86. The Hall–Kier alpha value is -3.41. The molecule has 6 heteroatoms. The first kappa shape index (κ1) is 15.1. The highest BCUT2D eigenvalue weighted by atomic mass is 16.5. The lowest BCUT2D eigenvalue weighted by atomic mass is 10.2. The zero-order chi connectivity index (χ0) is 17.2. The molecule has 0 aliphatic heterocycles. The molecule has 0 aliphatic rings. The molecule has 0 saturated carbocycles. The summed E-state index contributed by atoms with van der Waals surface area (Å²) in [6.45, 7) is 2.04. The van der Waals surface area contributed by atoms with Crippen LogP contribution in [0.25, 0.3) is 23.0 Å². The predicted molar refractivity (Wildman–Crippen MR) is 93.2 cm³/mol. The van der Waals surface area contributed by atoms with Gasteiger partial charge in [0, 0.05) is 18.8 Å². The molecule has 0 fully saturated rings. The Kier molecular flexibility index (Phi) is 3.78. The Bertz CT molecular complexity index is 985. The van der Waals surface area contributed by atoms with Gasteiger partial charge in [0.1, 0.15) is 17.2 Å². The standard InChI is InChI=1S/C19H16N4O2/c1-13-3-7-15(8-4-13)24-16-9-5-14(6-10-16)18-21-19(25-22-18)17-11-12-20-23(17)2/h3-12H,1-2H3. The van der Waals surface area contributed by atoms with Gasteiger partial charge in [0.15, 0.2) is 0 Å². The van der Waals surface area contributed by atoms with E-state index in [1.807, 2.05) is 68.6 Å². The maximum Gasteiger partial charge on any atom is 0.276 e. The highest BCUT2D eigenvalue weighted by Crippen LogP contribution is 2.26. The number of hydrogen-bond acceptors (Lipinski definition) is 5. The average Bonchev–Trinajstić information content (AvgIpc) is 3.26. The molecule has 0 bridgehead atoms. The molecule has 0 spiro atoms. The fourth-order valence-corrected chi connectivity index (χ4v) is 2.44. The lowest BCUT2D eigenvalue weighted by Gasteiger charge is -2.06. The van der Waals surface area contributed by atoms with Gasteiger partial charge in [-0.1, -0.05) is 22.9 Å². The number of hydrogen-bond donors (Lipinski definition) is 0. The van der Waals surface area contributed by atoms with Crippen LogP contribution in [0, 0.1) is 6.92 Å². The molecule has 0 amide bonds. The van der Waals surface area contributed by atoms with Gasteiger partial charge in [0.2, 0.25) is 5.82 Å². The molecule has 2 heterocycles. The van der Waals surface area contributed by atoms with Crippen LogP contribution in [0.2, 0.25) is 0 Å². The number of ether oxygens (including phenoxy) is 1. The van der Waals surface area contributed by atoms with Crippen LogP contribution in [0.5, 0.6) is 11.5 Å². The summed E-state index contributed by atoms with van der Waals surface area (Å²) in [5.74, 6) is 2.52. The molecule has 124 valence electrons. The third-order valence-corrected chi connectivity index (χ3v) is 3.84. The highest BCUT2D eigenvalue weighted by molar-refractivity contribution is 5.59. The van der Waals surface area contributed by atoms with Crippen molar-refractivity contribution in [2.24, 2.45) is 7.05 Å². The first-order valence-corrected chi connectivity index (χ1v) is 7.86. The molecule has 0 unspecified atom stereocenters. The molecule has 2 aromatic heterocycles. The van der Waals surface area contributed by atoms with Crippen molar-refractivity contribution >= 4 is 0 Å². The summed E-state index contributed by atoms with van der Waals surface area (Å²) >= 11 is 0. The predicted octanol–water partition coefficient (Wildman–Crippen LogP) is 4.24. The van der Waals surface area contributed by atoms with Gasteiger partial charge in [-0.05, 0) is 49.4 Å². The van der Waals surface area contributed by atoms with E-state index in [4.69, 9.17) is 9.26 Å². The Balaban J connectivity index is 1.53. The number of aryl methyl sites for hydroxylation is 2. The maximum absolute atomic E-state index is 5.83. The second kappa shape index (κ2) is 6.24. The molecule has 4 aromatic rings. The zero-order valence-corrected chi connectivity index (χ0v) is 13.9. The van der Waals surface area contributed by atoms with Crippen LogP contribution in [-0.4, -0.2) is 19.9 Å². The summed E-state index contributed by atoms with van der Waals surface area (Å²) in [5.41, 5.74) is 2.83. The van der Waals surface area contributed by atoms with Crippen LogP contribution in [-0.2, 0) is 7.05 Å². The molecular weight excluding hydrogens is 316 g/mol. The molecule has 6 nitrogen and oxygen atoms in total. The minimum absolute atomic E-state index is 0.440. The number of nitrogens with zero attached hydrogens (tertiary/aromatic N) is 4. The smallest absolute Gasteiger partial charge is 0.276 e. The molecule has 0 saturated heterocycles. The van der Waals surface area contributed by atoms with E-state index in [0.29, 0.717) is 11.7 Å². The molecule has 0 radical (unpaired) electrons. The minimum Gasteiger partial charge on any atom is -0.457 e. The van der Waals surface area contributed by atoms with E-state index in [9.17, 15) is 0 Å². The van der Waals surface area contributed by atoms with Crippen LogP contribution in [0.4, 0.5) is 0 Å². The summed E-state index contributed by atoms with van der Waals surface area (Å²) < 4.78 is 12.8. The molecule has 0 N–H and O–H groups in total. The fraction of sp³-hybridized carbons (Fsp3) is 0.105. The van der Waals surface area contributed by atoms with Crippen molar-refractivity contribution in [2.45, 2.75) is 6.92 Å². The summed E-state index contributed by atoms with van der Waals surface area (Å²) in [4.78, 5) is 4.43. The van der Waals surface area contributed by atoms with Crippen molar-refractivity contribution in [3.8, 4) is 34.5 Å². The van der Waals surface area contributed by atoms with E-state index in [1.165, 1.54) is 5.56 Å². The normalized spacial score (nSPS) is 10.8. The van der Waals surface area contributed by atoms with E-state index >= 15 is 0 Å². The highest BCUT2D eigenvalue weighted by Gasteiger charge is 2.13. The third-order valence-electron chi connectivity index (χ3n) is 3.84. The SMILES string of the molecule is Cc1ccc(Oc2ccc(-c3noc(-c4ccnn4C)n3)cc2)cc1. The Labute approximate surface area is 144 Å². The summed E-state index contributed by atoms with van der Waals surface area (Å²) in [6.07, 6.45) is 1.69. The number of benzene rings is 2. The second-order valence-corrected chi connectivity index (χ2v) is 5.70. The Morgan fingerprint density at radius 1 is 0.920 bits per heavy atom. The molecule has 4 rings (SSSR count). The van der Waals surface area contributed by atoms with Crippen LogP contribution < -0.4 is 4.74 Å². The number of rotatable bonds is 4. The van der Waals surface area contributed by atoms with Gasteiger partial charge >= 0.3 is 0 Å². The minimum atomic E-state index is 0.440. The van der Waals surface area contributed by atoms with E-state index < -0.39 is 0 Å². The van der Waals surface area contributed by atoms with Crippen LogP contribution >= 0.6 is 0 Å². The van der Waals surface area contributed by atoms with Crippen molar-refractivity contribution in [1.29, 1.82) is 0 Å². The van der Waals surface area contributed by atoms with Gasteiger partial charge in [-0.25, -0.2) is 0 Å². The van der Waals surface area contributed by atoms with Gasteiger partial charge in [-0.3, -0.25) is 4.68 Å². The summed E-state index contributed by atoms with van der Waals surface area (Å²) in [7, 11) is 1.83. The summed E-state index contributed by atoms with van der Waals surface area (Å²) in [6, 6.07) is 17.3. The van der Waals surface area contributed by atoms with Gasteiger partial charge in [0.25, 0.3) is 5.89 Å². The topological polar surface area (TPSA) is 66.0 Å². The largest absolute Gasteiger partial charge is 0.457 e. The van der Waals surface area contributed by atoms with E-state index in [0.717, 1.165) is 22.8 Å². The first-order chi connectivity index (χ1) is 12.2.